The first-order chi connectivity index (χ1) is 9.17. The Morgan fingerprint density at radius 2 is 2.10 bits per heavy atom. The summed E-state index contributed by atoms with van der Waals surface area (Å²) in [6.07, 6.45) is -0.551. The van der Waals surface area contributed by atoms with Gasteiger partial charge in [0.05, 0.1) is 0 Å². The minimum Gasteiger partial charge on any atom is -0.366 e. The summed E-state index contributed by atoms with van der Waals surface area (Å²) in [5.41, 5.74) is 10.0. The van der Waals surface area contributed by atoms with Crippen LogP contribution in [0, 0.1) is 5.82 Å². The van der Waals surface area contributed by atoms with Crippen LogP contribution in [-0.2, 0) is 10.3 Å². The van der Waals surface area contributed by atoms with E-state index >= 15 is 0 Å². The van der Waals surface area contributed by atoms with Crippen LogP contribution in [0.15, 0.2) is 18.2 Å². The Hall–Kier alpha value is -1.50. The van der Waals surface area contributed by atoms with Crippen molar-refractivity contribution in [3.63, 3.8) is 0 Å². The van der Waals surface area contributed by atoms with E-state index in [1.54, 1.807) is 6.92 Å². The molecule has 110 valence electrons. The zero-order valence-electron chi connectivity index (χ0n) is 11.9. The van der Waals surface area contributed by atoms with Gasteiger partial charge in [0.1, 0.15) is 17.6 Å². The van der Waals surface area contributed by atoms with Gasteiger partial charge in [-0.2, -0.15) is 0 Å². The molecule has 1 unspecified atom stereocenters. The minimum absolute atomic E-state index is 0.237. The van der Waals surface area contributed by atoms with Crippen LogP contribution in [0.3, 0.4) is 0 Å². The topological polar surface area (TPSA) is 90.4 Å². The van der Waals surface area contributed by atoms with E-state index < -0.39 is 29.1 Å². The molecule has 1 amide bonds. The Bertz CT molecular complexity index is 547. The fourth-order valence-corrected chi connectivity index (χ4v) is 2.46. The van der Waals surface area contributed by atoms with E-state index in [0.29, 0.717) is 6.54 Å². The highest BCUT2D eigenvalue weighted by molar-refractivity contribution is 5.93. The molecule has 1 aromatic rings. The molecule has 0 spiro atoms. The molecular weight excluding hydrogens is 261 g/mol. The molecule has 0 aromatic heterocycles. The fraction of sp³-hybridized carbons (Fsp3) is 0.500. The number of rotatable bonds is 2. The van der Waals surface area contributed by atoms with Gasteiger partial charge in [-0.1, -0.05) is 0 Å². The lowest BCUT2D eigenvalue weighted by Crippen LogP contribution is -2.66. The number of hydrogen-bond acceptors (Lipinski definition) is 4. The molecule has 5 N–H and O–H groups in total. The minimum atomic E-state index is -1.01. The summed E-state index contributed by atoms with van der Waals surface area (Å²) in [5, 5.41) is 3.24. The monoisotopic (exact) mass is 281 g/mol. The van der Waals surface area contributed by atoms with Gasteiger partial charge in [-0.25, -0.2) is 4.39 Å². The highest BCUT2D eigenvalue weighted by atomic mass is 19.1. The maximum Gasteiger partial charge on any atom is 0.248 e. The number of ether oxygens (including phenoxy) is 1. The van der Waals surface area contributed by atoms with Crippen LogP contribution in [0.2, 0.25) is 0 Å². The molecule has 1 fully saturated rings. The Kier molecular flexibility index (Phi) is 3.58. The number of nitrogens with two attached hydrogens (primary N) is 2. The van der Waals surface area contributed by atoms with E-state index in [-0.39, 0.29) is 11.1 Å². The lowest BCUT2D eigenvalue weighted by molar-refractivity contribution is -0.164. The molecule has 6 heteroatoms. The molecule has 1 aliphatic heterocycles. The molecular formula is C14H20FN3O2. The number of benzene rings is 1. The van der Waals surface area contributed by atoms with E-state index in [9.17, 15) is 9.18 Å². The van der Waals surface area contributed by atoms with Gasteiger partial charge in [0.15, 0.2) is 0 Å². The molecule has 1 saturated heterocycles. The Morgan fingerprint density at radius 1 is 1.45 bits per heavy atom. The quantitative estimate of drug-likeness (QED) is 0.748. The first-order valence-electron chi connectivity index (χ1n) is 6.45. The molecule has 1 aliphatic rings. The van der Waals surface area contributed by atoms with Crippen LogP contribution in [0.5, 0.6) is 0 Å². The van der Waals surface area contributed by atoms with Crippen LogP contribution < -0.4 is 16.8 Å². The van der Waals surface area contributed by atoms with Gasteiger partial charge >= 0.3 is 0 Å². The summed E-state index contributed by atoms with van der Waals surface area (Å²) in [4.78, 5) is 11.3. The van der Waals surface area contributed by atoms with Gasteiger partial charge in [0.25, 0.3) is 0 Å². The summed E-state index contributed by atoms with van der Waals surface area (Å²) in [6.45, 7) is 6.02. The number of morpholine rings is 1. The lowest BCUT2D eigenvalue weighted by atomic mass is 9.76. The molecule has 0 saturated carbocycles. The molecule has 0 aliphatic carbocycles. The predicted molar refractivity (Wildman–Crippen MR) is 73.4 cm³/mol. The first-order valence-corrected chi connectivity index (χ1v) is 6.45. The Balaban J connectivity index is 2.57. The molecule has 0 bridgehead atoms. The summed E-state index contributed by atoms with van der Waals surface area (Å²) in [7, 11) is 0. The van der Waals surface area contributed by atoms with E-state index in [2.05, 4.69) is 5.32 Å². The van der Waals surface area contributed by atoms with Crippen molar-refractivity contribution in [3.05, 3.63) is 35.1 Å². The maximum atomic E-state index is 14.2. The zero-order valence-corrected chi connectivity index (χ0v) is 11.9. The molecule has 5 nitrogen and oxygen atoms in total. The standard InChI is InChI=1S/C14H20FN3O2/c1-13(2)14(3,20-11(16)7-18-13)9-6-8(12(17)19)4-5-10(9)15/h4-6,11,18H,7,16H2,1-3H3,(H2,17,19)/t11-,14?/m1/s1. The Labute approximate surface area is 117 Å². The van der Waals surface area contributed by atoms with E-state index in [0.717, 1.165) is 0 Å². The van der Waals surface area contributed by atoms with Crippen molar-refractivity contribution in [1.82, 2.24) is 5.32 Å². The smallest absolute Gasteiger partial charge is 0.248 e. The van der Waals surface area contributed by atoms with Crippen LogP contribution in [0.25, 0.3) is 0 Å². The zero-order chi connectivity index (χ0) is 15.1. The summed E-state index contributed by atoms with van der Waals surface area (Å²) in [5.74, 6) is -1.07. The SMILES string of the molecule is CC1(C)NC[C@H](N)OC1(C)c1cc(C(N)=O)ccc1F. The number of nitrogens with one attached hydrogen (secondary N) is 1. The van der Waals surface area contributed by atoms with Crippen LogP contribution in [-0.4, -0.2) is 24.2 Å². The van der Waals surface area contributed by atoms with Crippen molar-refractivity contribution in [3.8, 4) is 0 Å². The second-order valence-electron chi connectivity index (χ2n) is 5.75. The molecule has 1 aromatic carbocycles. The van der Waals surface area contributed by atoms with Crippen molar-refractivity contribution < 1.29 is 13.9 Å². The van der Waals surface area contributed by atoms with Crippen molar-refractivity contribution >= 4 is 5.91 Å². The van der Waals surface area contributed by atoms with E-state index in [4.69, 9.17) is 16.2 Å². The van der Waals surface area contributed by atoms with Gasteiger partial charge in [0, 0.05) is 23.2 Å². The second kappa shape index (κ2) is 4.80. The van der Waals surface area contributed by atoms with Gasteiger partial charge in [-0.15, -0.1) is 0 Å². The van der Waals surface area contributed by atoms with Gasteiger partial charge in [-0.05, 0) is 39.0 Å². The molecule has 1 heterocycles. The number of hydrogen-bond donors (Lipinski definition) is 3. The third-order valence-corrected chi connectivity index (χ3v) is 4.09. The average molecular weight is 281 g/mol. The van der Waals surface area contributed by atoms with Gasteiger partial charge < -0.3 is 21.5 Å². The average Bonchev–Trinajstić information content (AvgIpc) is 2.35. The number of carbonyl (C=O) groups excluding carboxylic acids is 1. The van der Waals surface area contributed by atoms with Crippen molar-refractivity contribution in [1.29, 1.82) is 0 Å². The second-order valence-corrected chi connectivity index (χ2v) is 5.75. The molecule has 2 rings (SSSR count). The molecule has 20 heavy (non-hydrogen) atoms. The van der Waals surface area contributed by atoms with E-state index in [1.165, 1.54) is 18.2 Å². The largest absolute Gasteiger partial charge is 0.366 e. The lowest BCUT2D eigenvalue weighted by Gasteiger charge is -2.50. The van der Waals surface area contributed by atoms with Crippen LogP contribution in [0.1, 0.15) is 36.7 Å². The third-order valence-electron chi connectivity index (χ3n) is 4.09. The summed E-state index contributed by atoms with van der Waals surface area (Å²) >= 11 is 0. The van der Waals surface area contributed by atoms with Crippen molar-refractivity contribution in [2.24, 2.45) is 11.5 Å². The molecule has 2 atom stereocenters. The van der Waals surface area contributed by atoms with E-state index in [1.807, 2.05) is 13.8 Å². The Morgan fingerprint density at radius 3 is 2.70 bits per heavy atom. The highest BCUT2D eigenvalue weighted by Gasteiger charge is 2.49. The number of halogens is 1. The van der Waals surface area contributed by atoms with Crippen LogP contribution in [0.4, 0.5) is 4.39 Å². The van der Waals surface area contributed by atoms with Crippen LogP contribution >= 0.6 is 0 Å². The summed E-state index contributed by atoms with van der Waals surface area (Å²) < 4.78 is 20.0. The van der Waals surface area contributed by atoms with Crippen molar-refractivity contribution in [2.45, 2.75) is 38.1 Å². The van der Waals surface area contributed by atoms with Crippen molar-refractivity contribution in [2.75, 3.05) is 6.54 Å². The summed E-state index contributed by atoms with van der Waals surface area (Å²) in [6, 6.07) is 4.01. The third kappa shape index (κ3) is 2.30. The van der Waals surface area contributed by atoms with Gasteiger partial charge in [0.2, 0.25) is 5.91 Å². The fourth-order valence-electron chi connectivity index (χ4n) is 2.46. The predicted octanol–water partition coefficient (Wildman–Crippen LogP) is 0.823. The maximum absolute atomic E-state index is 14.2. The number of primary amides is 1. The number of amides is 1. The number of carbonyl (C=O) groups is 1. The van der Waals surface area contributed by atoms with Gasteiger partial charge in [-0.3, -0.25) is 4.79 Å². The normalized spacial score (nSPS) is 29.1. The first kappa shape index (κ1) is 14.9. The highest BCUT2D eigenvalue weighted by Crippen LogP contribution is 2.40. The molecule has 0 radical (unpaired) electrons.